The van der Waals surface area contributed by atoms with Crippen molar-refractivity contribution in [3.63, 3.8) is 0 Å². The maximum atomic E-state index is 12.8. The zero-order valence-corrected chi connectivity index (χ0v) is 19.5. The minimum atomic E-state index is -3.54. The summed E-state index contributed by atoms with van der Waals surface area (Å²) in [5.41, 5.74) is 3.91. The molecular formula is C20H22BrClN4O3S. The van der Waals surface area contributed by atoms with Crippen LogP contribution in [0, 0.1) is 0 Å². The smallest absolute Gasteiger partial charge is 0.254 e. The molecule has 0 aromatic heterocycles. The van der Waals surface area contributed by atoms with Gasteiger partial charge >= 0.3 is 0 Å². The number of nitrogens with zero attached hydrogens (tertiary/aromatic N) is 3. The van der Waals surface area contributed by atoms with Gasteiger partial charge < -0.3 is 0 Å². The van der Waals surface area contributed by atoms with Gasteiger partial charge in [-0.05, 0) is 37.3 Å². The van der Waals surface area contributed by atoms with E-state index in [1.165, 1.54) is 4.31 Å². The Hall–Kier alpha value is -1.78. The Kier molecular flexibility index (Phi) is 7.65. The number of amides is 1. The van der Waals surface area contributed by atoms with Crippen molar-refractivity contribution < 1.29 is 13.2 Å². The Bertz CT molecular complexity index is 1040. The molecule has 2 aromatic rings. The predicted octanol–water partition coefficient (Wildman–Crippen LogP) is 2.95. The number of nitrogens with one attached hydrogen (secondary N) is 1. The van der Waals surface area contributed by atoms with Crippen molar-refractivity contribution in [2.75, 3.05) is 32.7 Å². The van der Waals surface area contributed by atoms with E-state index in [1.807, 2.05) is 23.1 Å². The quantitative estimate of drug-likeness (QED) is 0.476. The molecule has 7 nitrogen and oxygen atoms in total. The number of benzene rings is 2. The Balaban J connectivity index is 1.52. The highest BCUT2D eigenvalue weighted by Gasteiger charge is 2.29. The van der Waals surface area contributed by atoms with Crippen LogP contribution in [0.5, 0.6) is 0 Å². The number of rotatable bonds is 6. The lowest BCUT2D eigenvalue weighted by Gasteiger charge is -2.33. The lowest BCUT2D eigenvalue weighted by molar-refractivity contribution is -0.122. The molecule has 1 aliphatic rings. The number of carbonyl (C=O) groups is 1. The minimum Gasteiger partial charge on any atom is -0.292 e. The number of halogens is 2. The molecule has 0 aliphatic carbocycles. The molecule has 0 radical (unpaired) electrons. The Morgan fingerprint density at radius 2 is 1.73 bits per heavy atom. The Labute approximate surface area is 189 Å². The third-order valence-corrected chi connectivity index (χ3v) is 7.53. The van der Waals surface area contributed by atoms with E-state index >= 15 is 0 Å². The summed E-state index contributed by atoms with van der Waals surface area (Å²) in [4.78, 5) is 14.4. The molecule has 0 spiro atoms. The van der Waals surface area contributed by atoms with Gasteiger partial charge in [0.15, 0.2) is 0 Å². The molecule has 1 heterocycles. The van der Waals surface area contributed by atoms with Crippen molar-refractivity contribution >= 4 is 49.2 Å². The molecule has 0 bridgehead atoms. The predicted molar refractivity (Wildman–Crippen MR) is 121 cm³/mol. The number of hydrogen-bond acceptors (Lipinski definition) is 5. The highest BCUT2D eigenvalue weighted by atomic mass is 79.9. The summed E-state index contributed by atoms with van der Waals surface area (Å²) in [7, 11) is -3.54. The first-order chi connectivity index (χ1) is 14.3. The van der Waals surface area contributed by atoms with Crippen LogP contribution in [0.3, 0.4) is 0 Å². The summed E-state index contributed by atoms with van der Waals surface area (Å²) >= 11 is 9.44. The SMILES string of the molecule is CC(=NNC(=O)CN1CCN(S(=O)(=O)c2ccc(Br)cc2)CC1)c1ccccc1Cl. The lowest BCUT2D eigenvalue weighted by Crippen LogP contribution is -2.50. The number of hydrogen-bond donors (Lipinski definition) is 1. The molecular weight excluding hydrogens is 492 g/mol. The molecule has 10 heteroatoms. The van der Waals surface area contributed by atoms with Gasteiger partial charge in [0.25, 0.3) is 5.91 Å². The van der Waals surface area contributed by atoms with Gasteiger partial charge in [-0.3, -0.25) is 9.69 Å². The van der Waals surface area contributed by atoms with Crippen molar-refractivity contribution in [2.45, 2.75) is 11.8 Å². The number of piperazine rings is 1. The normalized spacial score (nSPS) is 16.4. The van der Waals surface area contributed by atoms with Gasteiger partial charge in [-0.2, -0.15) is 9.41 Å². The zero-order chi connectivity index (χ0) is 21.7. The fraction of sp³-hybridized carbons (Fsp3) is 0.300. The van der Waals surface area contributed by atoms with Gasteiger partial charge in [-0.25, -0.2) is 13.8 Å². The lowest BCUT2D eigenvalue weighted by atomic mass is 10.1. The molecule has 1 aliphatic heterocycles. The minimum absolute atomic E-state index is 0.144. The molecule has 1 saturated heterocycles. The van der Waals surface area contributed by atoms with E-state index in [4.69, 9.17) is 11.6 Å². The van der Waals surface area contributed by atoms with Crippen LogP contribution >= 0.6 is 27.5 Å². The van der Waals surface area contributed by atoms with E-state index in [0.29, 0.717) is 36.9 Å². The van der Waals surface area contributed by atoms with Gasteiger partial charge in [0.2, 0.25) is 10.0 Å². The van der Waals surface area contributed by atoms with E-state index in [0.717, 1.165) is 10.0 Å². The highest BCUT2D eigenvalue weighted by molar-refractivity contribution is 9.10. The molecule has 1 amide bonds. The average molecular weight is 514 g/mol. The first-order valence-corrected chi connectivity index (χ1v) is 11.9. The monoisotopic (exact) mass is 512 g/mol. The average Bonchev–Trinajstić information content (AvgIpc) is 2.73. The highest BCUT2D eigenvalue weighted by Crippen LogP contribution is 2.20. The topological polar surface area (TPSA) is 82.1 Å². The molecule has 160 valence electrons. The summed E-state index contributed by atoms with van der Waals surface area (Å²) < 4.78 is 27.8. The van der Waals surface area contributed by atoms with Crippen molar-refractivity contribution in [1.82, 2.24) is 14.6 Å². The summed E-state index contributed by atoms with van der Waals surface area (Å²) in [6.45, 7) is 3.51. The standard InChI is InChI=1S/C20H22BrClN4O3S/c1-15(18-4-2-3-5-19(18)22)23-24-20(27)14-25-10-12-26(13-11-25)30(28,29)17-8-6-16(21)7-9-17/h2-9H,10-14H2,1H3,(H,24,27). The number of carbonyl (C=O) groups excluding carboxylic acids is 1. The van der Waals surface area contributed by atoms with Crippen LogP contribution in [0.2, 0.25) is 5.02 Å². The maximum absolute atomic E-state index is 12.8. The second-order valence-corrected chi connectivity index (χ2v) is 10.1. The summed E-state index contributed by atoms with van der Waals surface area (Å²) in [5.74, 6) is -0.259. The van der Waals surface area contributed by atoms with E-state index in [2.05, 4.69) is 26.5 Å². The van der Waals surface area contributed by atoms with Gasteiger partial charge in [0.05, 0.1) is 17.2 Å². The summed E-state index contributed by atoms with van der Waals surface area (Å²) in [6, 6.07) is 13.9. The molecule has 2 aromatic carbocycles. The van der Waals surface area contributed by atoms with E-state index in [9.17, 15) is 13.2 Å². The van der Waals surface area contributed by atoms with Gasteiger partial charge in [0.1, 0.15) is 0 Å². The van der Waals surface area contributed by atoms with Gasteiger partial charge in [-0.1, -0.05) is 45.7 Å². The number of hydrazone groups is 1. The van der Waals surface area contributed by atoms with Crippen LogP contribution < -0.4 is 5.43 Å². The van der Waals surface area contributed by atoms with Crippen LogP contribution in [0.4, 0.5) is 0 Å². The van der Waals surface area contributed by atoms with Crippen LogP contribution in [0.1, 0.15) is 12.5 Å². The van der Waals surface area contributed by atoms with Gasteiger partial charge in [0, 0.05) is 41.2 Å². The molecule has 1 N–H and O–H groups in total. The van der Waals surface area contributed by atoms with Crippen molar-refractivity contribution in [2.24, 2.45) is 5.10 Å². The van der Waals surface area contributed by atoms with E-state index in [-0.39, 0.29) is 17.3 Å². The fourth-order valence-corrected chi connectivity index (χ4v) is 5.04. The van der Waals surface area contributed by atoms with E-state index < -0.39 is 10.0 Å². The maximum Gasteiger partial charge on any atom is 0.254 e. The van der Waals surface area contributed by atoms with Crippen LogP contribution in [-0.2, 0) is 14.8 Å². The molecule has 0 saturated carbocycles. The Morgan fingerprint density at radius 1 is 1.10 bits per heavy atom. The molecule has 3 rings (SSSR count). The van der Waals surface area contributed by atoms with Crippen LogP contribution in [-0.4, -0.2) is 62.0 Å². The van der Waals surface area contributed by atoms with Crippen LogP contribution in [0.25, 0.3) is 0 Å². The first kappa shape index (κ1) is 22.9. The van der Waals surface area contributed by atoms with Gasteiger partial charge in [-0.15, -0.1) is 0 Å². The third kappa shape index (κ3) is 5.67. The second kappa shape index (κ2) is 10.0. The van der Waals surface area contributed by atoms with Crippen molar-refractivity contribution in [3.8, 4) is 0 Å². The largest absolute Gasteiger partial charge is 0.292 e. The van der Waals surface area contributed by atoms with E-state index in [1.54, 1.807) is 37.3 Å². The molecule has 0 atom stereocenters. The molecule has 0 unspecified atom stereocenters. The summed E-state index contributed by atoms with van der Waals surface area (Å²) in [5, 5.41) is 4.68. The summed E-state index contributed by atoms with van der Waals surface area (Å²) in [6.07, 6.45) is 0. The Morgan fingerprint density at radius 3 is 2.37 bits per heavy atom. The third-order valence-electron chi connectivity index (χ3n) is 4.76. The zero-order valence-electron chi connectivity index (χ0n) is 16.4. The molecule has 30 heavy (non-hydrogen) atoms. The van der Waals surface area contributed by atoms with Crippen molar-refractivity contribution in [1.29, 1.82) is 0 Å². The fourth-order valence-electron chi connectivity index (χ4n) is 3.08. The van der Waals surface area contributed by atoms with Crippen LogP contribution in [0.15, 0.2) is 63.0 Å². The van der Waals surface area contributed by atoms with Crippen molar-refractivity contribution in [3.05, 3.63) is 63.6 Å². The second-order valence-electron chi connectivity index (χ2n) is 6.85. The first-order valence-electron chi connectivity index (χ1n) is 9.33. The number of sulfonamides is 1. The molecule has 1 fully saturated rings.